The minimum Gasteiger partial charge on any atom is -0.481 e. The molecular formula is C12H21NO4. The van der Waals surface area contributed by atoms with Crippen LogP contribution in [0.3, 0.4) is 0 Å². The van der Waals surface area contributed by atoms with Gasteiger partial charge in [0.2, 0.25) is 5.91 Å². The Hall–Kier alpha value is -1.10. The van der Waals surface area contributed by atoms with Crippen molar-refractivity contribution in [2.75, 3.05) is 13.2 Å². The van der Waals surface area contributed by atoms with Gasteiger partial charge in [0.15, 0.2) is 0 Å². The average molecular weight is 243 g/mol. The van der Waals surface area contributed by atoms with E-state index >= 15 is 0 Å². The molecule has 1 aliphatic rings. The standard InChI is InChI=1S/C12H21NO4/c1-9-7-10(8-17-9)12(16)13-6-4-2-3-5-11(14)15/h9-10H,2-8H2,1H3,(H,13,16)(H,14,15). The molecule has 17 heavy (non-hydrogen) atoms. The fourth-order valence-electron chi connectivity index (χ4n) is 1.93. The van der Waals surface area contributed by atoms with Gasteiger partial charge < -0.3 is 15.2 Å². The number of unbranched alkanes of at least 4 members (excludes halogenated alkanes) is 2. The number of rotatable bonds is 7. The van der Waals surface area contributed by atoms with Crippen molar-refractivity contribution in [2.45, 2.75) is 45.1 Å². The summed E-state index contributed by atoms with van der Waals surface area (Å²) in [5.41, 5.74) is 0. The van der Waals surface area contributed by atoms with Gasteiger partial charge in [-0.3, -0.25) is 9.59 Å². The number of hydrogen-bond donors (Lipinski definition) is 2. The maximum Gasteiger partial charge on any atom is 0.303 e. The number of carboxylic acids is 1. The highest BCUT2D eigenvalue weighted by molar-refractivity contribution is 5.79. The summed E-state index contributed by atoms with van der Waals surface area (Å²) < 4.78 is 5.33. The SMILES string of the molecule is CC1CC(C(=O)NCCCCCC(=O)O)CO1. The third-order valence-electron chi connectivity index (χ3n) is 2.94. The van der Waals surface area contributed by atoms with E-state index < -0.39 is 5.97 Å². The molecule has 0 saturated carbocycles. The van der Waals surface area contributed by atoms with Gasteiger partial charge in [-0.25, -0.2) is 0 Å². The summed E-state index contributed by atoms with van der Waals surface area (Å²) >= 11 is 0. The van der Waals surface area contributed by atoms with Gasteiger partial charge in [0.1, 0.15) is 0 Å². The van der Waals surface area contributed by atoms with E-state index in [9.17, 15) is 9.59 Å². The van der Waals surface area contributed by atoms with Gasteiger partial charge in [0.05, 0.1) is 18.6 Å². The molecule has 0 aromatic rings. The molecule has 1 rings (SSSR count). The predicted octanol–water partition coefficient (Wildman–Crippen LogP) is 1.17. The topological polar surface area (TPSA) is 75.6 Å². The molecule has 0 bridgehead atoms. The van der Waals surface area contributed by atoms with Crippen molar-refractivity contribution in [3.63, 3.8) is 0 Å². The minimum absolute atomic E-state index is 0.0102. The van der Waals surface area contributed by atoms with Crippen LogP contribution in [0.5, 0.6) is 0 Å². The van der Waals surface area contributed by atoms with Crippen LogP contribution in [0.1, 0.15) is 39.0 Å². The first kappa shape index (κ1) is 14.0. The molecule has 98 valence electrons. The molecular weight excluding hydrogens is 222 g/mol. The van der Waals surface area contributed by atoms with Gasteiger partial charge in [0.25, 0.3) is 0 Å². The molecule has 5 nitrogen and oxygen atoms in total. The van der Waals surface area contributed by atoms with E-state index in [-0.39, 0.29) is 24.3 Å². The van der Waals surface area contributed by atoms with E-state index in [4.69, 9.17) is 9.84 Å². The number of aliphatic carboxylic acids is 1. The molecule has 2 N–H and O–H groups in total. The second-order valence-corrected chi connectivity index (χ2v) is 4.57. The van der Waals surface area contributed by atoms with E-state index in [0.29, 0.717) is 19.6 Å². The number of amides is 1. The Kier molecular flexibility index (Phi) is 5.97. The smallest absolute Gasteiger partial charge is 0.303 e. The zero-order chi connectivity index (χ0) is 12.7. The van der Waals surface area contributed by atoms with Crippen molar-refractivity contribution in [1.29, 1.82) is 0 Å². The second kappa shape index (κ2) is 7.27. The Morgan fingerprint density at radius 1 is 1.35 bits per heavy atom. The van der Waals surface area contributed by atoms with Crippen LogP contribution >= 0.6 is 0 Å². The predicted molar refractivity (Wildman–Crippen MR) is 62.6 cm³/mol. The third-order valence-corrected chi connectivity index (χ3v) is 2.94. The van der Waals surface area contributed by atoms with E-state index in [1.807, 2.05) is 6.92 Å². The number of ether oxygens (including phenoxy) is 1. The molecule has 2 atom stereocenters. The van der Waals surface area contributed by atoms with Gasteiger partial charge in [0, 0.05) is 13.0 Å². The average Bonchev–Trinajstić information content (AvgIpc) is 2.69. The van der Waals surface area contributed by atoms with Crippen LogP contribution in [0.25, 0.3) is 0 Å². The van der Waals surface area contributed by atoms with Crippen LogP contribution in [-0.4, -0.2) is 36.2 Å². The van der Waals surface area contributed by atoms with Crippen LogP contribution < -0.4 is 5.32 Å². The molecule has 5 heteroatoms. The summed E-state index contributed by atoms with van der Waals surface area (Å²) in [5.74, 6) is -0.706. The Bertz CT molecular complexity index is 267. The van der Waals surface area contributed by atoms with Crippen LogP contribution in [0.2, 0.25) is 0 Å². The largest absolute Gasteiger partial charge is 0.481 e. The Labute approximate surface area is 102 Å². The molecule has 1 amide bonds. The Morgan fingerprint density at radius 2 is 2.12 bits per heavy atom. The fraction of sp³-hybridized carbons (Fsp3) is 0.833. The molecule has 1 saturated heterocycles. The van der Waals surface area contributed by atoms with Crippen LogP contribution in [-0.2, 0) is 14.3 Å². The summed E-state index contributed by atoms with van der Waals surface area (Å²) in [6.07, 6.45) is 3.54. The van der Waals surface area contributed by atoms with Crippen molar-refractivity contribution >= 4 is 11.9 Å². The second-order valence-electron chi connectivity index (χ2n) is 4.57. The molecule has 0 aromatic carbocycles. The van der Waals surface area contributed by atoms with Gasteiger partial charge in [-0.1, -0.05) is 6.42 Å². The zero-order valence-electron chi connectivity index (χ0n) is 10.3. The van der Waals surface area contributed by atoms with Crippen LogP contribution in [0, 0.1) is 5.92 Å². The summed E-state index contributed by atoms with van der Waals surface area (Å²) in [5, 5.41) is 11.3. The van der Waals surface area contributed by atoms with Gasteiger partial charge in [-0.2, -0.15) is 0 Å². The number of carbonyl (C=O) groups excluding carboxylic acids is 1. The highest BCUT2D eigenvalue weighted by atomic mass is 16.5. The molecule has 1 heterocycles. The number of carbonyl (C=O) groups is 2. The Balaban J connectivity index is 1.99. The van der Waals surface area contributed by atoms with E-state index in [0.717, 1.165) is 19.3 Å². The van der Waals surface area contributed by atoms with Crippen molar-refractivity contribution in [1.82, 2.24) is 5.32 Å². The lowest BCUT2D eigenvalue weighted by molar-refractivity contribution is -0.137. The minimum atomic E-state index is -0.758. The van der Waals surface area contributed by atoms with Gasteiger partial charge >= 0.3 is 5.97 Å². The van der Waals surface area contributed by atoms with Crippen molar-refractivity contribution < 1.29 is 19.4 Å². The first-order valence-electron chi connectivity index (χ1n) is 6.20. The van der Waals surface area contributed by atoms with Crippen molar-refractivity contribution in [3.8, 4) is 0 Å². The molecule has 0 aliphatic carbocycles. The summed E-state index contributed by atoms with van der Waals surface area (Å²) in [6.45, 7) is 3.12. The first-order valence-corrected chi connectivity index (χ1v) is 6.20. The monoisotopic (exact) mass is 243 g/mol. The molecule has 2 unspecified atom stereocenters. The van der Waals surface area contributed by atoms with Crippen LogP contribution in [0.4, 0.5) is 0 Å². The normalized spacial score (nSPS) is 23.6. The summed E-state index contributed by atoms with van der Waals surface area (Å²) in [4.78, 5) is 21.9. The van der Waals surface area contributed by atoms with Gasteiger partial charge in [-0.15, -0.1) is 0 Å². The molecule has 0 aromatic heterocycles. The van der Waals surface area contributed by atoms with E-state index in [1.165, 1.54) is 0 Å². The van der Waals surface area contributed by atoms with Crippen LogP contribution in [0.15, 0.2) is 0 Å². The summed E-state index contributed by atoms with van der Waals surface area (Å²) in [6, 6.07) is 0. The Morgan fingerprint density at radius 3 is 2.71 bits per heavy atom. The molecule has 1 aliphatic heterocycles. The summed E-state index contributed by atoms with van der Waals surface area (Å²) in [7, 11) is 0. The van der Waals surface area contributed by atoms with Gasteiger partial charge in [-0.05, 0) is 26.2 Å². The van der Waals surface area contributed by atoms with E-state index in [2.05, 4.69) is 5.32 Å². The quantitative estimate of drug-likeness (QED) is 0.658. The van der Waals surface area contributed by atoms with Crippen molar-refractivity contribution in [3.05, 3.63) is 0 Å². The molecule has 0 spiro atoms. The van der Waals surface area contributed by atoms with E-state index in [1.54, 1.807) is 0 Å². The number of carboxylic acid groups (broad SMARTS) is 1. The highest BCUT2D eigenvalue weighted by Crippen LogP contribution is 2.18. The lowest BCUT2D eigenvalue weighted by Crippen LogP contribution is -2.31. The first-order chi connectivity index (χ1) is 8.09. The maximum atomic E-state index is 11.6. The lowest BCUT2D eigenvalue weighted by Gasteiger charge is -2.08. The highest BCUT2D eigenvalue weighted by Gasteiger charge is 2.27. The lowest BCUT2D eigenvalue weighted by atomic mass is 10.1. The van der Waals surface area contributed by atoms with Crippen molar-refractivity contribution in [2.24, 2.45) is 5.92 Å². The maximum absolute atomic E-state index is 11.6. The number of nitrogens with one attached hydrogen (secondary N) is 1. The molecule has 0 radical (unpaired) electrons. The fourth-order valence-corrected chi connectivity index (χ4v) is 1.93. The third kappa shape index (κ3) is 5.68. The number of hydrogen-bond acceptors (Lipinski definition) is 3. The zero-order valence-corrected chi connectivity index (χ0v) is 10.3. The molecule has 1 fully saturated rings.